The van der Waals surface area contributed by atoms with Gasteiger partial charge in [0.1, 0.15) is 7.28 Å². The zero-order valence-electron chi connectivity index (χ0n) is 2.96. The first-order valence-electron chi connectivity index (χ1n) is 1.15. The molecule has 4 heavy (non-hydrogen) atoms. The quantitative estimate of drug-likeness (QED) is 0.278. The molecule has 0 atom stereocenters. The largest absolute Gasteiger partial charge is 1.00 e. The average Bonchev–Trinajstić information content (AvgIpc) is 0.918. The lowest BCUT2D eigenvalue weighted by Crippen LogP contribution is -3.00. The highest BCUT2D eigenvalue weighted by Gasteiger charge is 1.42. The molecule has 0 amide bonds. The highest BCUT2D eigenvalue weighted by atomic mass is 19.0. The molecule has 0 aliphatic heterocycles. The van der Waals surface area contributed by atoms with E-state index in [1.165, 1.54) is 0 Å². The summed E-state index contributed by atoms with van der Waals surface area (Å²) in [5, 5.41) is 0. The number of hydrogen-bond acceptors (Lipinski definition) is 0. The molecule has 1 radical (unpaired) electrons. The number of halogens is 1. The Balaban J connectivity index is 0. The molecule has 0 aliphatic carbocycles. The van der Waals surface area contributed by atoms with E-state index in [1.54, 1.807) is 0 Å². The summed E-state index contributed by atoms with van der Waals surface area (Å²) >= 11 is 0. The van der Waals surface area contributed by atoms with E-state index in [2.05, 4.69) is 0 Å². The van der Waals surface area contributed by atoms with Crippen LogP contribution >= 0.6 is 0 Å². The van der Waals surface area contributed by atoms with Gasteiger partial charge in [-0.25, -0.2) is 0 Å². The molecular formula is C2H6BF-. The van der Waals surface area contributed by atoms with Gasteiger partial charge in [-0.05, 0) is 0 Å². The average molecular weight is 59.9 g/mol. The van der Waals surface area contributed by atoms with Gasteiger partial charge in [0.25, 0.3) is 0 Å². The van der Waals surface area contributed by atoms with Crippen molar-refractivity contribution in [2.24, 2.45) is 0 Å². The van der Waals surface area contributed by atoms with Crippen LogP contribution in [-0.4, -0.2) is 7.28 Å². The minimum Gasteiger partial charge on any atom is -1.00 e. The standard InChI is InChI=1S/C2H6B.FH/c1-3-2;/h1-2H3;1H/p-1. The van der Waals surface area contributed by atoms with Crippen molar-refractivity contribution in [3.8, 4) is 0 Å². The topological polar surface area (TPSA) is 0 Å². The summed E-state index contributed by atoms with van der Waals surface area (Å²) < 4.78 is 0. The Hall–Kier alpha value is -0.00506. The molecule has 0 spiro atoms. The molecule has 0 heterocycles. The fraction of sp³-hybridized carbons (Fsp3) is 1.00. The van der Waals surface area contributed by atoms with Crippen LogP contribution in [0.15, 0.2) is 0 Å². The molecular weight excluding hydrogens is 53.8 g/mol. The third-order valence-electron chi connectivity index (χ3n) is 0. The molecule has 0 nitrogen and oxygen atoms in total. The van der Waals surface area contributed by atoms with Gasteiger partial charge in [-0.2, -0.15) is 0 Å². The van der Waals surface area contributed by atoms with Crippen LogP contribution in [-0.2, 0) is 0 Å². The van der Waals surface area contributed by atoms with Crippen LogP contribution in [0, 0.1) is 0 Å². The lowest BCUT2D eigenvalue weighted by atomic mass is 9.88. The van der Waals surface area contributed by atoms with Crippen LogP contribution in [0.4, 0.5) is 0 Å². The van der Waals surface area contributed by atoms with Gasteiger partial charge in [0.05, 0.1) is 0 Å². The maximum Gasteiger partial charge on any atom is 0.102 e. The van der Waals surface area contributed by atoms with Crippen LogP contribution in [0.2, 0.25) is 13.6 Å². The summed E-state index contributed by atoms with van der Waals surface area (Å²) in [6, 6.07) is 0. The molecule has 0 N–H and O–H groups in total. The molecule has 0 aromatic heterocycles. The van der Waals surface area contributed by atoms with E-state index in [0.717, 1.165) is 0 Å². The molecule has 0 fully saturated rings. The maximum atomic E-state index is 2.00. The van der Waals surface area contributed by atoms with Crippen molar-refractivity contribution in [1.29, 1.82) is 0 Å². The first kappa shape index (κ1) is 9.00. The molecule has 0 aromatic rings. The first-order valence-corrected chi connectivity index (χ1v) is 1.15. The van der Waals surface area contributed by atoms with Gasteiger partial charge >= 0.3 is 0 Å². The smallest absolute Gasteiger partial charge is 0.102 e. The molecule has 25 valence electrons. The van der Waals surface area contributed by atoms with E-state index >= 15 is 0 Å². The van der Waals surface area contributed by atoms with E-state index < -0.39 is 0 Å². The second-order valence-corrected chi connectivity index (χ2v) is 0.577. The van der Waals surface area contributed by atoms with Crippen LogP contribution in [0.1, 0.15) is 0 Å². The normalized spacial score (nSPS) is 3.50. The Kier molecular flexibility index (Phi) is 27.1. The molecule has 2 heteroatoms. The number of hydrogen-bond donors (Lipinski definition) is 0. The van der Waals surface area contributed by atoms with Gasteiger partial charge < -0.3 is 4.70 Å². The van der Waals surface area contributed by atoms with Gasteiger partial charge in [-0.15, -0.1) is 0 Å². The zero-order valence-corrected chi connectivity index (χ0v) is 2.96. The van der Waals surface area contributed by atoms with E-state index in [9.17, 15) is 0 Å². The SMILES string of the molecule is C[B]C.[F-]. The summed E-state index contributed by atoms with van der Waals surface area (Å²) in [5.74, 6) is 0. The second kappa shape index (κ2) is 12.0. The van der Waals surface area contributed by atoms with Gasteiger partial charge in [0, 0.05) is 0 Å². The van der Waals surface area contributed by atoms with Crippen LogP contribution in [0.5, 0.6) is 0 Å². The summed E-state index contributed by atoms with van der Waals surface area (Å²) in [6.45, 7) is 4.00. The Labute approximate surface area is 26.8 Å². The van der Waals surface area contributed by atoms with Gasteiger partial charge in [0.2, 0.25) is 0 Å². The van der Waals surface area contributed by atoms with Gasteiger partial charge in [0.15, 0.2) is 0 Å². The third kappa shape index (κ3) is 77000. The monoisotopic (exact) mass is 60.1 g/mol. The molecule has 0 saturated carbocycles. The van der Waals surface area contributed by atoms with Crippen molar-refractivity contribution in [2.45, 2.75) is 13.6 Å². The van der Waals surface area contributed by atoms with Gasteiger partial charge in [-0.3, -0.25) is 0 Å². The minimum atomic E-state index is 0. The lowest BCUT2D eigenvalue weighted by molar-refractivity contribution is -0.000000756. The second-order valence-electron chi connectivity index (χ2n) is 0.577. The lowest BCUT2D eigenvalue weighted by Gasteiger charge is -1.41. The van der Waals surface area contributed by atoms with E-state index in [-0.39, 0.29) is 4.70 Å². The van der Waals surface area contributed by atoms with E-state index in [1.807, 2.05) is 20.9 Å². The van der Waals surface area contributed by atoms with Crippen molar-refractivity contribution < 1.29 is 4.70 Å². The van der Waals surface area contributed by atoms with Crippen molar-refractivity contribution in [3.63, 3.8) is 0 Å². The van der Waals surface area contributed by atoms with Crippen molar-refractivity contribution in [2.75, 3.05) is 0 Å². The van der Waals surface area contributed by atoms with Crippen molar-refractivity contribution in [1.82, 2.24) is 0 Å². The van der Waals surface area contributed by atoms with Crippen molar-refractivity contribution >= 4 is 7.28 Å². The Bertz CT molecular complexity index is 6.00. The fourth-order valence-corrected chi connectivity index (χ4v) is 0. The van der Waals surface area contributed by atoms with E-state index in [0.29, 0.717) is 0 Å². The molecule has 0 saturated heterocycles. The molecule has 0 bridgehead atoms. The molecule has 0 rings (SSSR count). The Morgan fingerprint density at radius 1 is 1.25 bits per heavy atom. The van der Waals surface area contributed by atoms with Gasteiger partial charge in [-0.1, -0.05) is 13.6 Å². The van der Waals surface area contributed by atoms with Crippen molar-refractivity contribution in [3.05, 3.63) is 0 Å². The third-order valence-corrected chi connectivity index (χ3v) is 0. The zero-order chi connectivity index (χ0) is 2.71. The highest BCUT2D eigenvalue weighted by molar-refractivity contribution is 6.31. The molecule has 0 unspecified atom stereocenters. The highest BCUT2D eigenvalue weighted by Crippen LogP contribution is 1.36. The Morgan fingerprint density at radius 2 is 1.25 bits per heavy atom. The Morgan fingerprint density at radius 3 is 1.25 bits per heavy atom. The summed E-state index contributed by atoms with van der Waals surface area (Å²) in [7, 11) is 2.00. The first-order chi connectivity index (χ1) is 1.41. The maximum absolute atomic E-state index is 2.00. The molecule has 0 aliphatic rings. The summed E-state index contributed by atoms with van der Waals surface area (Å²) in [5.41, 5.74) is 0. The fourth-order valence-electron chi connectivity index (χ4n) is 0. The predicted molar refractivity (Wildman–Crippen MR) is 17.5 cm³/mol. The summed E-state index contributed by atoms with van der Waals surface area (Å²) in [6.07, 6.45) is 0. The van der Waals surface area contributed by atoms with Crippen LogP contribution in [0.3, 0.4) is 0 Å². The minimum absolute atomic E-state index is 0. The number of rotatable bonds is 0. The molecule has 0 aromatic carbocycles. The predicted octanol–water partition coefficient (Wildman–Crippen LogP) is -2.21. The van der Waals surface area contributed by atoms with E-state index in [4.69, 9.17) is 0 Å². The van der Waals surface area contributed by atoms with Crippen LogP contribution in [0.25, 0.3) is 0 Å². The van der Waals surface area contributed by atoms with Crippen LogP contribution < -0.4 is 4.70 Å². The summed E-state index contributed by atoms with van der Waals surface area (Å²) in [4.78, 5) is 0.